The second-order valence-corrected chi connectivity index (χ2v) is 6.47. The van der Waals surface area contributed by atoms with Crippen LogP contribution >= 0.6 is 27.7 Å². The third-order valence-corrected chi connectivity index (χ3v) is 4.78. The quantitative estimate of drug-likeness (QED) is 0.796. The predicted molar refractivity (Wildman–Crippen MR) is 78.5 cm³/mol. The van der Waals surface area contributed by atoms with Crippen LogP contribution in [0.2, 0.25) is 0 Å². The number of thioether (sulfide) groups is 1. The number of hydrogen-bond acceptors (Lipinski definition) is 4. The van der Waals surface area contributed by atoms with Gasteiger partial charge in [-0.25, -0.2) is 0 Å². The molecule has 0 aliphatic carbocycles. The van der Waals surface area contributed by atoms with E-state index in [4.69, 9.17) is 5.11 Å². The fourth-order valence-electron chi connectivity index (χ4n) is 2.38. The number of aliphatic carboxylic acids is 1. The Morgan fingerprint density at radius 3 is 2.95 bits per heavy atom. The highest BCUT2D eigenvalue weighted by molar-refractivity contribution is 9.10. The van der Waals surface area contributed by atoms with Crippen LogP contribution in [-0.4, -0.2) is 26.4 Å². The summed E-state index contributed by atoms with van der Waals surface area (Å²) in [6.45, 7) is 0. The van der Waals surface area contributed by atoms with Crippen molar-refractivity contribution in [2.75, 3.05) is 5.75 Å². The summed E-state index contributed by atoms with van der Waals surface area (Å²) in [5.74, 6) is -0.537. The molecule has 0 saturated carbocycles. The molecule has 0 bridgehead atoms. The van der Waals surface area contributed by atoms with Gasteiger partial charge in [0.15, 0.2) is 0 Å². The average Bonchev–Trinajstić information content (AvgIpc) is 2.36. The molecule has 0 radical (unpaired) electrons. The number of benzene rings is 1. The third kappa shape index (κ3) is 2.08. The minimum atomic E-state index is -0.989. The first-order valence-electron chi connectivity index (χ1n) is 5.80. The normalized spacial score (nSPS) is 17.4. The second kappa shape index (κ2) is 4.78. The molecule has 1 aliphatic heterocycles. The number of H-pyrrole nitrogens is 1. The second-order valence-electron chi connectivity index (χ2n) is 4.49. The van der Waals surface area contributed by atoms with E-state index in [-0.39, 0.29) is 6.42 Å². The van der Waals surface area contributed by atoms with Crippen molar-refractivity contribution in [1.82, 2.24) is 9.55 Å². The highest BCUT2D eigenvalue weighted by Gasteiger charge is 2.26. The van der Waals surface area contributed by atoms with Crippen molar-refractivity contribution in [3.8, 4) is 0 Å². The fourth-order valence-corrected chi connectivity index (χ4v) is 4.18. The summed E-state index contributed by atoms with van der Waals surface area (Å²) in [6.07, 6.45) is -0.180. The van der Waals surface area contributed by atoms with Gasteiger partial charge in [0.25, 0.3) is 0 Å². The Labute approximate surface area is 124 Å². The number of nitrogens with zero attached hydrogens (tertiary/aromatic N) is 1. The Morgan fingerprint density at radius 1 is 1.50 bits per heavy atom. The van der Waals surface area contributed by atoms with Gasteiger partial charge in [-0.05, 0) is 12.1 Å². The Bertz CT molecular complexity index is 842. The SMILES string of the molecule is O=C(O)C[C@@H]1CSc2cc(Br)cc3[nH]c(=O)c(=O)n1c23. The van der Waals surface area contributed by atoms with Crippen LogP contribution in [0.4, 0.5) is 0 Å². The van der Waals surface area contributed by atoms with Gasteiger partial charge in [-0.15, -0.1) is 11.8 Å². The molecule has 0 unspecified atom stereocenters. The maximum absolute atomic E-state index is 12.1. The molecule has 2 heterocycles. The molecule has 1 aromatic carbocycles. The number of aromatic amines is 1. The largest absolute Gasteiger partial charge is 0.481 e. The van der Waals surface area contributed by atoms with Crippen molar-refractivity contribution >= 4 is 44.7 Å². The summed E-state index contributed by atoms with van der Waals surface area (Å²) in [5.41, 5.74) is -0.307. The van der Waals surface area contributed by atoms with Crippen molar-refractivity contribution in [2.45, 2.75) is 17.4 Å². The van der Waals surface area contributed by atoms with E-state index < -0.39 is 23.1 Å². The van der Waals surface area contributed by atoms with E-state index in [0.717, 1.165) is 9.37 Å². The Hall–Kier alpha value is -1.54. The van der Waals surface area contributed by atoms with E-state index in [2.05, 4.69) is 20.9 Å². The first-order chi connectivity index (χ1) is 9.47. The van der Waals surface area contributed by atoms with Gasteiger partial charge in [0, 0.05) is 15.1 Å². The zero-order chi connectivity index (χ0) is 14.4. The number of hydrogen-bond donors (Lipinski definition) is 2. The minimum Gasteiger partial charge on any atom is -0.481 e. The standard InChI is InChI=1S/C12H9BrN2O4S/c13-5-1-7-10-8(2-5)20-4-6(3-9(16)17)15(10)12(19)11(18)14-7/h1-2,6H,3-4H2,(H,14,18)(H,16,17)/t6-/m1/s1. The fraction of sp³-hybridized carbons (Fsp3) is 0.250. The van der Waals surface area contributed by atoms with E-state index in [0.29, 0.717) is 16.8 Å². The van der Waals surface area contributed by atoms with Crippen molar-refractivity contribution < 1.29 is 9.90 Å². The lowest BCUT2D eigenvalue weighted by atomic mass is 10.2. The Morgan fingerprint density at radius 2 is 2.25 bits per heavy atom. The number of carboxylic acid groups (broad SMARTS) is 1. The van der Waals surface area contributed by atoms with Gasteiger partial charge in [0.1, 0.15) is 0 Å². The summed E-state index contributed by atoms with van der Waals surface area (Å²) in [4.78, 5) is 38.1. The van der Waals surface area contributed by atoms with Crippen molar-refractivity contribution in [2.24, 2.45) is 0 Å². The summed E-state index contributed by atoms with van der Waals surface area (Å²) in [6, 6.07) is 3.06. The van der Waals surface area contributed by atoms with Crippen LogP contribution in [0.25, 0.3) is 11.0 Å². The number of nitrogens with one attached hydrogen (secondary N) is 1. The molecule has 3 rings (SSSR count). The lowest BCUT2D eigenvalue weighted by molar-refractivity contribution is -0.137. The third-order valence-electron chi connectivity index (χ3n) is 3.15. The molecule has 8 heteroatoms. The maximum Gasteiger partial charge on any atom is 0.317 e. The molecule has 0 fully saturated rings. The summed E-state index contributed by atoms with van der Waals surface area (Å²) in [5, 5.41) is 8.96. The molecule has 6 nitrogen and oxygen atoms in total. The molecule has 1 aliphatic rings. The van der Waals surface area contributed by atoms with E-state index in [9.17, 15) is 14.4 Å². The summed E-state index contributed by atoms with van der Waals surface area (Å²) < 4.78 is 2.12. The molecule has 0 saturated heterocycles. The van der Waals surface area contributed by atoms with Crippen LogP contribution in [0.5, 0.6) is 0 Å². The zero-order valence-electron chi connectivity index (χ0n) is 10.1. The number of carboxylic acids is 1. The molecular weight excluding hydrogens is 348 g/mol. The first-order valence-corrected chi connectivity index (χ1v) is 7.58. The van der Waals surface area contributed by atoms with E-state index in [1.807, 2.05) is 6.07 Å². The van der Waals surface area contributed by atoms with E-state index >= 15 is 0 Å². The first kappa shape index (κ1) is 13.4. The molecule has 104 valence electrons. The maximum atomic E-state index is 12.1. The zero-order valence-corrected chi connectivity index (χ0v) is 12.5. The van der Waals surface area contributed by atoms with Gasteiger partial charge in [-0.3, -0.25) is 19.0 Å². The Kier molecular flexibility index (Phi) is 3.21. The van der Waals surface area contributed by atoms with Gasteiger partial charge in [0.05, 0.1) is 23.5 Å². The van der Waals surface area contributed by atoms with Crippen LogP contribution in [0.1, 0.15) is 12.5 Å². The van der Waals surface area contributed by atoms with Crippen LogP contribution in [0.15, 0.2) is 31.1 Å². The number of aromatic nitrogens is 2. The Balaban J connectivity index is 2.39. The minimum absolute atomic E-state index is 0.180. The average molecular weight is 357 g/mol. The molecule has 2 aromatic rings. The van der Waals surface area contributed by atoms with Gasteiger partial charge < -0.3 is 10.1 Å². The smallest absolute Gasteiger partial charge is 0.317 e. The van der Waals surface area contributed by atoms with Gasteiger partial charge >= 0.3 is 17.1 Å². The highest BCUT2D eigenvalue weighted by Crippen LogP contribution is 2.37. The summed E-state index contributed by atoms with van der Waals surface area (Å²) >= 11 is 4.84. The van der Waals surface area contributed by atoms with Crippen LogP contribution in [-0.2, 0) is 4.79 Å². The molecule has 2 N–H and O–H groups in total. The molecule has 0 spiro atoms. The lowest BCUT2D eigenvalue weighted by Gasteiger charge is -2.26. The molecular formula is C12H9BrN2O4S. The van der Waals surface area contributed by atoms with Gasteiger partial charge in [0.2, 0.25) is 0 Å². The van der Waals surface area contributed by atoms with Gasteiger partial charge in [-0.2, -0.15) is 0 Å². The number of halogens is 1. The van der Waals surface area contributed by atoms with E-state index in [1.165, 1.54) is 16.3 Å². The lowest BCUT2D eigenvalue weighted by Crippen LogP contribution is -2.40. The molecule has 1 atom stereocenters. The van der Waals surface area contributed by atoms with Crippen molar-refractivity contribution in [1.29, 1.82) is 0 Å². The number of carbonyl (C=O) groups is 1. The topological polar surface area (TPSA) is 92.2 Å². The molecule has 1 aromatic heterocycles. The van der Waals surface area contributed by atoms with Gasteiger partial charge in [-0.1, -0.05) is 15.9 Å². The highest BCUT2D eigenvalue weighted by atomic mass is 79.9. The number of rotatable bonds is 2. The monoisotopic (exact) mass is 356 g/mol. The van der Waals surface area contributed by atoms with Crippen LogP contribution in [0, 0.1) is 0 Å². The molecule has 20 heavy (non-hydrogen) atoms. The van der Waals surface area contributed by atoms with E-state index in [1.54, 1.807) is 6.07 Å². The van der Waals surface area contributed by atoms with Crippen molar-refractivity contribution in [3.05, 3.63) is 37.3 Å². The van der Waals surface area contributed by atoms with Crippen molar-refractivity contribution in [3.63, 3.8) is 0 Å². The molecule has 0 amide bonds. The van der Waals surface area contributed by atoms with Crippen LogP contribution in [0.3, 0.4) is 0 Å². The van der Waals surface area contributed by atoms with Crippen LogP contribution < -0.4 is 11.1 Å². The summed E-state index contributed by atoms with van der Waals surface area (Å²) in [7, 11) is 0. The predicted octanol–water partition coefficient (Wildman–Crippen LogP) is 1.57.